The number of allylic oxidation sites excluding steroid dienone is 2. The molecule has 10 nitrogen and oxygen atoms in total. The first-order chi connectivity index (χ1) is 28.8. The van der Waals surface area contributed by atoms with Gasteiger partial charge in [0.1, 0.15) is 5.78 Å². The number of aliphatic hydroxyl groups is 1. The van der Waals surface area contributed by atoms with Crippen molar-refractivity contribution < 1.29 is 34.2 Å². The van der Waals surface area contributed by atoms with E-state index in [1.54, 1.807) is 24.3 Å². The average Bonchev–Trinajstić information content (AvgIpc) is 3.50. The Labute approximate surface area is 368 Å². The molecule has 7 rings (SSSR count). The van der Waals surface area contributed by atoms with Crippen LogP contribution in [0.15, 0.2) is 35.4 Å². The van der Waals surface area contributed by atoms with E-state index < -0.39 is 29.4 Å². The second kappa shape index (κ2) is 17.5. The number of carbonyl (C=O) groups is 5. The Morgan fingerprint density at radius 3 is 2.25 bits per heavy atom. The van der Waals surface area contributed by atoms with E-state index in [4.69, 9.17) is 17.3 Å². The maximum absolute atomic E-state index is 14.1. The number of amides is 2. The summed E-state index contributed by atoms with van der Waals surface area (Å²) in [4.78, 5) is 66.3. The van der Waals surface area contributed by atoms with E-state index in [1.807, 2.05) is 6.92 Å². The largest absolute Gasteiger partial charge is 0.481 e. The molecule has 0 aromatic heterocycles. The van der Waals surface area contributed by atoms with Crippen molar-refractivity contribution >= 4 is 41.0 Å². The number of carboxylic acids is 1. The number of benzene rings is 1. The fourth-order valence-electron chi connectivity index (χ4n) is 14.9. The lowest BCUT2D eigenvalue weighted by atomic mass is 9.37. The molecule has 5 fully saturated rings. The molecule has 0 heterocycles. The Bertz CT molecular complexity index is 1920. The zero-order chi connectivity index (χ0) is 44.2. The number of carbonyl (C=O) groups excluding carboxylic acids is 4. The van der Waals surface area contributed by atoms with E-state index in [0.717, 1.165) is 56.9 Å². The summed E-state index contributed by atoms with van der Waals surface area (Å²) in [6.07, 6.45) is 11.7. The van der Waals surface area contributed by atoms with Gasteiger partial charge in [0, 0.05) is 47.7 Å². The number of hydrogen-bond donors (Lipinski definition) is 5. The van der Waals surface area contributed by atoms with E-state index in [1.165, 1.54) is 5.57 Å². The van der Waals surface area contributed by atoms with Gasteiger partial charge >= 0.3 is 5.97 Å². The summed E-state index contributed by atoms with van der Waals surface area (Å²) in [6.45, 7) is 14.4. The first kappa shape index (κ1) is 45.9. The predicted molar refractivity (Wildman–Crippen MR) is 236 cm³/mol. The Balaban J connectivity index is 1.05. The summed E-state index contributed by atoms with van der Waals surface area (Å²) < 4.78 is 0. The van der Waals surface area contributed by atoms with Crippen molar-refractivity contribution in [1.29, 1.82) is 0 Å². The molecule has 1 aromatic rings. The first-order valence-electron chi connectivity index (χ1n) is 23.6. The summed E-state index contributed by atoms with van der Waals surface area (Å²) in [5.74, 6) is 0.704. The molecule has 0 saturated heterocycles. The maximum Gasteiger partial charge on any atom is 0.306 e. The third-order valence-corrected chi connectivity index (χ3v) is 18.4. The molecule has 5 saturated carbocycles. The van der Waals surface area contributed by atoms with Crippen molar-refractivity contribution in [2.24, 2.45) is 81.2 Å². The lowest BCUT2D eigenvalue weighted by Crippen LogP contribution is -2.60. The van der Waals surface area contributed by atoms with Crippen molar-refractivity contribution in [2.75, 3.05) is 13.1 Å². The van der Waals surface area contributed by atoms with Crippen molar-refractivity contribution in [2.45, 2.75) is 144 Å². The average molecular weight is 863 g/mol. The highest BCUT2D eigenvalue weighted by atomic mass is 35.5. The van der Waals surface area contributed by atoms with Crippen LogP contribution >= 0.6 is 11.6 Å². The summed E-state index contributed by atoms with van der Waals surface area (Å²) in [5.41, 5.74) is 6.20. The molecular weight excluding hydrogens is 790 g/mol. The second-order valence-electron chi connectivity index (χ2n) is 21.4. The molecule has 0 bridgehead atoms. The van der Waals surface area contributed by atoms with E-state index in [9.17, 15) is 34.2 Å². The number of hydrogen-bond acceptors (Lipinski definition) is 7. The van der Waals surface area contributed by atoms with Crippen LogP contribution in [0, 0.1) is 75.4 Å². The lowest BCUT2D eigenvalue weighted by Gasteiger charge is -2.67. The Morgan fingerprint density at radius 1 is 0.918 bits per heavy atom. The second-order valence-corrected chi connectivity index (χ2v) is 21.9. The zero-order valence-corrected chi connectivity index (χ0v) is 38.3. The number of carboxylic acid groups (broad SMARTS) is 1. The van der Waals surface area contributed by atoms with Crippen LogP contribution in [0.1, 0.15) is 148 Å². The van der Waals surface area contributed by atoms with Gasteiger partial charge < -0.3 is 26.6 Å². The quantitative estimate of drug-likeness (QED) is 0.0862. The number of unbranched alkanes of at least 4 members (excludes halogenated alkanes) is 1. The fraction of sp³-hybridized carbons (Fsp3) is 0.740. The highest BCUT2D eigenvalue weighted by Crippen LogP contribution is 2.72. The Hall–Kier alpha value is -3.08. The Kier molecular flexibility index (Phi) is 13.2. The summed E-state index contributed by atoms with van der Waals surface area (Å²) >= 11 is 6.03. The van der Waals surface area contributed by atoms with Gasteiger partial charge in [-0.05, 0) is 172 Å². The number of rotatable bonds is 15. The Morgan fingerprint density at radius 2 is 1.59 bits per heavy atom. The van der Waals surface area contributed by atoms with Gasteiger partial charge in [-0.25, -0.2) is 0 Å². The van der Waals surface area contributed by atoms with Crippen LogP contribution in [-0.2, 0) is 19.2 Å². The molecule has 13 unspecified atom stereocenters. The number of aliphatic carboxylic acids is 1. The number of fused-ring (bicyclic) bond motifs is 7. The number of Topliss-reactive ketones (excluding diaryl/α,β-unsaturated/α-hetero) is 2. The van der Waals surface area contributed by atoms with Gasteiger partial charge in [-0.2, -0.15) is 0 Å². The molecule has 0 aliphatic heterocycles. The first-order valence-corrected chi connectivity index (χ1v) is 24.0. The van der Waals surface area contributed by atoms with Crippen molar-refractivity contribution in [1.82, 2.24) is 10.6 Å². The zero-order valence-electron chi connectivity index (χ0n) is 37.5. The van der Waals surface area contributed by atoms with Gasteiger partial charge in [0.25, 0.3) is 11.8 Å². The molecule has 1 aromatic carbocycles. The number of ketones is 2. The normalized spacial score (nSPS) is 37.7. The van der Waals surface area contributed by atoms with Crippen molar-refractivity contribution in [3.05, 3.63) is 46.0 Å². The molecule has 11 heteroatoms. The van der Waals surface area contributed by atoms with Gasteiger partial charge in [0.15, 0.2) is 5.78 Å². The minimum absolute atomic E-state index is 0.0111. The molecule has 6 N–H and O–H groups in total. The summed E-state index contributed by atoms with van der Waals surface area (Å²) in [6, 6.07) is 6.28. The van der Waals surface area contributed by atoms with Crippen molar-refractivity contribution in [3.8, 4) is 0 Å². The third kappa shape index (κ3) is 8.17. The van der Waals surface area contributed by atoms with Crippen molar-refractivity contribution in [3.63, 3.8) is 0 Å². The summed E-state index contributed by atoms with van der Waals surface area (Å²) in [7, 11) is 0. The van der Waals surface area contributed by atoms with Crippen LogP contribution in [0.25, 0.3) is 0 Å². The van der Waals surface area contributed by atoms with Crippen LogP contribution in [0.5, 0.6) is 0 Å². The monoisotopic (exact) mass is 862 g/mol. The van der Waals surface area contributed by atoms with Gasteiger partial charge in [-0.15, -0.1) is 0 Å². The number of halogens is 1. The standard InChI is InChI=1S/C50H72ClN3O7/c1-28(2)42-40(56)27-49(22-24-53-46(60)50(61,18-7-8-23-52)54-44(57)31-9-11-33(51)12-10-31)21-17-38-34(43(42)49)13-14-41-47(5)19-15-32(29(3)37(47)16-20-48(38,41)6)25-39(55)35-26-36(30(35)4)45(58)59/h9-12,28-30,32,34-38,41,61H,7-8,13-27,52H2,1-6H3,(H,53,60)(H,54,57)(H,58,59). The highest BCUT2D eigenvalue weighted by Gasteiger charge is 2.65. The lowest BCUT2D eigenvalue weighted by molar-refractivity contribution is -0.172. The van der Waals surface area contributed by atoms with Gasteiger partial charge in [-0.1, -0.05) is 58.7 Å². The van der Waals surface area contributed by atoms with Crippen LogP contribution in [0.4, 0.5) is 0 Å². The molecule has 61 heavy (non-hydrogen) atoms. The van der Waals surface area contributed by atoms with Crippen LogP contribution in [0.3, 0.4) is 0 Å². The molecule has 6 aliphatic carbocycles. The number of nitrogens with one attached hydrogen (secondary N) is 2. The van der Waals surface area contributed by atoms with E-state index in [0.29, 0.717) is 85.6 Å². The fourth-order valence-corrected chi connectivity index (χ4v) is 15.0. The predicted octanol–water partition coefficient (Wildman–Crippen LogP) is 8.53. The van der Waals surface area contributed by atoms with Crippen LogP contribution < -0.4 is 16.4 Å². The smallest absolute Gasteiger partial charge is 0.306 e. The molecular formula is C50H72ClN3O7. The van der Waals surface area contributed by atoms with Gasteiger partial charge in [0.05, 0.1) is 5.92 Å². The molecule has 13 atom stereocenters. The highest BCUT2D eigenvalue weighted by molar-refractivity contribution is 6.30. The van der Waals surface area contributed by atoms with Gasteiger partial charge in [0.2, 0.25) is 5.72 Å². The maximum atomic E-state index is 14.1. The minimum Gasteiger partial charge on any atom is -0.481 e. The molecule has 336 valence electrons. The van der Waals surface area contributed by atoms with Crippen LogP contribution in [0.2, 0.25) is 5.02 Å². The van der Waals surface area contributed by atoms with Crippen LogP contribution in [-0.4, -0.2) is 58.4 Å². The van der Waals surface area contributed by atoms with E-state index in [-0.39, 0.29) is 64.1 Å². The van der Waals surface area contributed by atoms with E-state index >= 15 is 0 Å². The summed E-state index contributed by atoms with van der Waals surface area (Å²) in [5, 5.41) is 27.3. The minimum atomic E-state index is -2.14. The third-order valence-electron chi connectivity index (χ3n) is 18.2. The molecule has 0 spiro atoms. The topological polar surface area (TPSA) is 176 Å². The van der Waals surface area contributed by atoms with E-state index in [2.05, 4.69) is 45.3 Å². The molecule has 2 amide bonds. The SMILES string of the molecule is CC(C)C1=C2C3CCC4C(C)(CCC5C(C)C(CC(=O)C6CC(C(=O)O)C6C)CCC54C)C3CCC2(CCNC(=O)C(O)(CCCCN)NC(=O)c2ccc(Cl)cc2)CC1=O. The van der Waals surface area contributed by atoms with Gasteiger partial charge in [-0.3, -0.25) is 24.0 Å². The number of nitrogens with two attached hydrogens (primary N) is 1. The molecule has 0 radical (unpaired) electrons. The molecule has 6 aliphatic rings.